The van der Waals surface area contributed by atoms with Gasteiger partial charge in [0.25, 0.3) is 5.91 Å². The van der Waals surface area contributed by atoms with Crippen molar-refractivity contribution < 1.29 is 9.53 Å². The van der Waals surface area contributed by atoms with E-state index in [9.17, 15) is 4.79 Å². The van der Waals surface area contributed by atoms with E-state index in [0.29, 0.717) is 18.2 Å². The molecule has 1 N–H and O–H groups in total. The number of piperidine rings is 1. The van der Waals surface area contributed by atoms with Crippen molar-refractivity contribution in [2.45, 2.75) is 24.9 Å². The van der Waals surface area contributed by atoms with Crippen LogP contribution in [0.2, 0.25) is 0 Å². The maximum Gasteiger partial charge on any atom is 0.274 e. The van der Waals surface area contributed by atoms with Crippen LogP contribution in [-0.2, 0) is 11.8 Å². The molecule has 0 bridgehead atoms. The second-order valence-electron chi connectivity index (χ2n) is 7.04. The molecule has 2 aliphatic rings. The zero-order valence-corrected chi connectivity index (χ0v) is 15.2. The summed E-state index contributed by atoms with van der Waals surface area (Å²) in [6.07, 6.45) is 8.23. The number of carbonyl (C=O) groups excluding carboxylic acids is 1. The van der Waals surface area contributed by atoms with Crippen LogP contribution in [0.1, 0.15) is 29.8 Å². The maximum absolute atomic E-state index is 12.7. The molecule has 134 valence electrons. The van der Waals surface area contributed by atoms with Gasteiger partial charge in [0, 0.05) is 43.8 Å². The number of amides is 1. The number of hydrogen-bond acceptors (Lipinski definition) is 6. The Balaban J connectivity index is 1.36. The summed E-state index contributed by atoms with van der Waals surface area (Å²) in [5.41, 5.74) is 0.317. The highest BCUT2D eigenvalue weighted by Crippen LogP contribution is 2.37. The number of likely N-dealkylation sites (tertiary alicyclic amines) is 1. The van der Waals surface area contributed by atoms with Crippen LogP contribution in [0.5, 0.6) is 0 Å². The van der Waals surface area contributed by atoms with Gasteiger partial charge in [-0.1, -0.05) is 0 Å². The highest BCUT2D eigenvalue weighted by Gasteiger charge is 2.44. The zero-order chi connectivity index (χ0) is 17.3. The molecule has 4 heterocycles. The van der Waals surface area contributed by atoms with E-state index in [-0.39, 0.29) is 11.5 Å². The fourth-order valence-electron chi connectivity index (χ4n) is 3.85. The summed E-state index contributed by atoms with van der Waals surface area (Å²) < 4.78 is 8.01. The van der Waals surface area contributed by atoms with E-state index in [4.69, 9.17) is 4.74 Å². The quantitative estimate of drug-likeness (QED) is 0.902. The average molecular weight is 361 g/mol. The lowest BCUT2D eigenvalue weighted by Crippen LogP contribution is -2.50. The Kier molecular flexibility index (Phi) is 4.47. The smallest absolute Gasteiger partial charge is 0.274 e. The van der Waals surface area contributed by atoms with Gasteiger partial charge in [0.05, 0.1) is 25.1 Å². The molecule has 2 aromatic heterocycles. The van der Waals surface area contributed by atoms with Crippen molar-refractivity contribution in [3.8, 4) is 0 Å². The Morgan fingerprint density at radius 2 is 2.44 bits per heavy atom. The summed E-state index contributed by atoms with van der Waals surface area (Å²) in [7, 11) is 1.88. The molecule has 0 saturated carbocycles. The Labute approximate surface area is 151 Å². The summed E-state index contributed by atoms with van der Waals surface area (Å²) in [6, 6.07) is 0. The number of ether oxygens (including phenoxy) is 1. The molecule has 1 amide bonds. The number of thiazole rings is 1. The Morgan fingerprint density at radius 1 is 1.52 bits per heavy atom. The van der Waals surface area contributed by atoms with Crippen LogP contribution in [-0.4, -0.2) is 57.2 Å². The summed E-state index contributed by atoms with van der Waals surface area (Å²) >= 11 is 1.61. The minimum Gasteiger partial charge on any atom is -0.373 e. The van der Waals surface area contributed by atoms with Gasteiger partial charge in [0.15, 0.2) is 5.13 Å². The van der Waals surface area contributed by atoms with E-state index in [2.05, 4.69) is 15.3 Å². The van der Waals surface area contributed by atoms with E-state index >= 15 is 0 Å². The number of anilines is 1. The third-order valence-corrected chi connectivity index (χ3v) is 5.74. The average Bonchev–Trinajstić information content (AvgIpc) is 3.34. The lowest BCUT2D eigenvalue weighted by molar-refractivity contribution is -0.0450. The van der Waals surface area contributed by atoms with Gasteiger partial charge in [-0.25, -0.2) is 9.97 Å². The molecular formula is C17H23N5O2S. The third kappa shape index (κ3) is 3.55. The maximum atomic E-state index is 12.7. The van der Waals surface area contributed by atoms with Crippen LogP contribution in [0.4, 0.5) is 5.13 Å². The number of nitrogens with one attached hydrogen (secondary N) is 1. The number of nitrogens with zero attached hydrogens (tertiary/aromatic N) is 4. The molecule has 2 saturated heterocycles. The molecule has 7 nitrogen and oxygen atoms in total. The van der Waals surface area contributed by atoms with Crippen LogP contribution < -0.4 is 5.32 Å². The van der Waals surface area contributed by atoms with Crippen molar-refractivity contribution >= 4 is 22.4 Å². The molecule has 0 aromatic carbocycles. The van der Waals surface area contributed by atoms with Crippen LogP contribution in [0.3, 0.4) is 0 Å². The van der Waals surface area contributed by atoms with Crippen molar-refractivity contribution in [1.29, 1.82) is 0 Å². The van der Waals surface area contributed by atoms with Gasteiger partial charge in [0.1, 0.15) is 5.69 Å². The molecule has 2 unspecified atom stereocenters. The first kappa shape index (κ1) is 16.5. The molecule has 1 spiro atoms. The first-order chi connectivity index (χ1) is 12.1. The molecule has 25 heavy (non-hydrogen) atoms. The number of carbonyl (C=O) groups is 1. The summed E-state index contributed by atoms with van der Waals surface area (Å²) in [5, 5.41) is 6.31. The Morgan fingerprint density at radius 3 is 3.20 bits per heavy atom. The molecular weight excluding hydrogens is 338 g/mol. The first-order valence-electron chi connectivity index (χ1n) is 8.68. The molecule has 0 aliphatic carbocycles. The van der Waals surface area contributed by atoms with Crippen LogP contribution >= 0.6 is 11.3 Å². The summed E-state index contributed by atoms with van der Waals surface area (Å²) in [5.74, 6) is 0.460. The number of imidazole rings is 1. The standard InChI is InChI=1S/C17H23N5O2S/c1-21-9-14(20-12-21)15(23)22-5-2-3-17(11-22)7-13(10-24-17)8-19-16-18-4-6-25-16/h4,6,9,12-13H,2-3,5,7-8,10-11H2,1H3,(H,18,19). The fourth-order valence-corrected chi connectivity index (χ4v) is 4.39. The summed E-state index contributed by atoms with van der Waals surface area (Å²) in [6.45, 7) is 3.05. The van der Waals surface area contributed by atoms with E-state index < -0.39 is 0 Å². The van der Waals surface area contributed by atoms with Crippen molar-refractivity contribution in [3.63, 3.8) is 0 Å². The Hall–Kier alpha value is -1.93. The highest BCUT2D eigenvalue weighted by atomic mass is 32.1. The fraction of sp³-hybridized carbons (Fsp3) is 0.588. The van der Waals surface area contributed by atoms with Gasteiger partial charge in [0.2, 0.25) is 0 Å². The van der Waals surface area contributed by atoms with Crippen LogP contribution in [0.15, 0.2) is 24.1 Å². The van der Waals surface area contributed by atoms with Crippen molar-refractivity contribution in [3.05, 3.63) is 29.8 Å². The highest BCUT2D eigenvalue weighted by molar-refractivity contribution is 7.13. The second kappa shape index (κ2) is 6.76. The van der Waals surface area contributed by atoms with E-state index in [1.54, 1.807) is 28.4 Å². The van der Waals surface area contributed by atoms with Crippen molar-refractivity contribution in [1.82, 2.24) is 19.4 Å². The lowest BCUT2D eigenvalue weighted by atomic mass is 9.86. The molecule has 2 aliphatic heterocycles. The molecule has 4 rings (SSSR count). The van der Waals surface area contributed by atoms with Gasteiger partial charge in [-0.3, -0.25) is 4.79 Å². The number of aromatic nitrogens is 3. The Bertz CT molecular complexity index is 731. The summed E-state index contributed by atoms with van der Waals surface area (Å²) in [4.78, 5) is 23.0. The first-order valence-corrected chi connectivity index (χ1v) is 9.56. The van der Waals surface area contributed by atoms with Gasteiger partial charge < -0.3 is 19.5 Å². The molecule has 2 fully saturated rings. The minimum atomic E-state index is -0.197. The van der Waals surface area contributed by atoms with Crippen molar-refractivity contribution in [2.75, 3.05) is 31.6 Å². The number of aryl methyl sites for hydroxylation is 1. The molecule has 2 aromatic rings. The lowest BCUT2D eigenvalue weighted by Gasteiger charge is -2.39. The van der Waals surface area contributed by atoms with Gasteiger partial charge in [-0.15, -0.1) is 11.3 Å². The minimum absolute atomic E-state index is 0.00707. The second-order valence-corrected chi connectivity index (χ2v) is 7.93. The van der Waals surface area contributed by atoms with Gasteiger partial charge >= 0.3 is 0 Å². The monoisotopic (exact) mass is 361 g/mol. The molecule has 8 heteroatoms. The zero-order valence-electron chi connectivity index (χ0n) is 14.4. The van der Waals surface area contributed by atoms with Crippen LogP contribution in [0.25, 0.3) is 0 Å². The van der Waals surface area contributed by atoms with Gasteiger partial charge in [-0.2, -0.15) is 0 Å². The van der Waals surface area contributed by atoms with E-state index in [1.165, 1.54) is 0 Å². The predicted molar refractivity (Wildman–Crippen MR) is 95.7 cm³/mol. The molecule has 0 radical (unpaired) electrons. The van der Waals surface area contributed by atoms with Crippen molar-refractivity contribution in [2.24, 2.45) is 13.0 Å². The normalized spacial score (nSPS) is 26.3. The molecule has 2 atom stereocenters. The number of hydrogen-bond donors (Lipinski definition) is 1. The van der Waals surface area contributed by atoms with Crippen LogP contribution in [0, 0.1) is 5.92 Å². The predicted octanol–water partition coefficient (Wildman–Crippen LogP) is 2.00. The SMILES string of the molecule is Cn1cnc(C(=O)N2CCCC3(CC(CNc4nccs4)CO3)C2)c1. The topological polar surface area (TPSA) is 72.3 Å². The van der Waals surface area contributed by atoms with Gasteiger partial charge in [-0.05, 0) is 19.3 Å². The van der Waals surface area contributed by atoms with E-state index in [0.717, 1.165) is 44.1 Å². The number of rotatable bonds is 4. The van der Waals surface area contributed by atoms with E-state index in [1.807, 2.05) is 23.5 Å². The third-order valence-electron chi connectivity index (χ3n) is 5.01. The largest absolute Gasteiger partial charge is 0.373 e.